The molecule has 0 aliphatic heterocycles. The molecular formula is C15H12Br2O. The van der Waals surface area contributed by atoms with Crippen LogP contribution in [-0.2, 0) is 5.41 Å². The van der Waals surface area contributed by atoms with E-state index in [0.29, 0.717) is 0 Å². The zero-order valence-corrected chi connectivity index (χ0v) is 13.3. The molecule has 0 heterocycles. The largest absolute Gasteiger partial charge is 0.506 e. The van der Waals surface area contributed by atoms with Crippen LogP contribution in [0.15, 0.2) is 39.3 Å². The molecule has 18 heavy (non-hydrogen) atoms. The van der Waals surface area contributed by atoms with Gasteiger partial charge in [0.15, 0.2) is 0 Å². The highest BCUT2D eigenvalue weighted by Crippen LogP contribution is 2.54. The van der Waals surface area contributed by atoms with Gasteiger partial charge in [0.25, 0.3) is 0 Å². The topological polar surface area (TPSA) is 20.2 Å². The number of halogens is 2. The van der Waals surface area contributed by atoms with E-state index in [1.165, 1.54) is 16.7 Å². The first kappa shape index (κ1) is 12.2. The maximum atomic E-state index is 10.1. The first-order valence-corrected chi connectivity index (χ1v) is 7.34. The Balaban J connectivity index is 2.47. The van der Waals surface area contributed by atoms with Crippen molar-refractivity contribution in [1.82, 2.24) is 0 Å². The second-order valence-electron chi connectivity index (χ2n) is 5.11. The Labute approximate surface area is 123 Å². The van der Waals surface area contributed by atoms with E-state index in [-0.39, 0.29) is 11.2 Å². The molecule has 0 unspecified atom stereocenters. The van der Waals surface area contributed by atoms with Gasteiger partial charge >= 0.3 is 0 Å². The molecule has 1 aliphatic carbocycles. The fraction of sp³-hybridized carbons (Fsp3) is 0.200. The van der Waals surface area contributed by atoms with Crippen molar-refractivity contribution in [2.75, 3.05) is 0 Å². The quantitative estimate of drug-likeness (QED) is 0.676. The minimum atomic E-state index is -0.0370. The fourth-order valence-corrected chi connectivity index (χ4v) is 4.09. The summed E-state index contributed by atoms with van der Waals surface area (Å²) in [6.07, 6.45) is 0. The van der Waals surface area contributed by atoms with Gasteiger partial charge in [-0.25, -0.2) is 0 Å². The number of phenols is 1. The third-order valence-electron chi connectivity index (χ3n) is 3.74. The molecule has 1 aliphatic rings. The van der Waals surface area contributed by atoms with Crippen molar-refractivity contribution in [3.05, 3.63) is 50.4 Å². The molecule has 0 amide bonds. The number of hydrogen-bond donors (Lipinski definition) is 1. The van der Waals surface area contributed by atoms with Crippen molar-refractivity contribution < 1.29 is 5.11 Å². The average Bonchev–Trinajstić information content (AvgIpc) is 2.56. The van der Waals surface area contributed by atoms with E-state index in [2.05, 4.69) is 63.9 Å². The Kier molecular flexibility index (Phi) is 2.62. The highest BCUT2D eigenvalue weighted by atomic mass is 79.9. The van der Waals surface area contributed by atoms with E-state index in [0.717, 1.165) is 14.5 Å². The Bertz CT molecular complexity index is 660. The lowest BCUT2D eigenvalue weighted by molar-refractivity contribution is 0.468. The average molecular weight is 368 g/mol. The smallest absolute Gasteiger partial charge is 0.144 e. The molecule has 0 saturated carbocycles. The molecule has 3 heteroatoms. The van der Waals surface area contributed by atoms with Crippen LogP contribution in [0.4, 0.5) is 0 Å². The highest BCUT2D eigenvalue weighted by molar-refractivity contribution is 9.11. The number of benzene rings is 2. The van der Waals surface area contributed by atoms with Crippen LogP contribution in [0, 0.1) is 0 Å². The number of hydrogen-bond acceptors (Lipinski definition) is 1. The van der Waals surface area contributed by atoms with Gasteiger partial charge in [-0.05, 0) is 54.6 Å². The molecule has 0 aromatic heterocycles. The maximum Gasteiger partial charge on any atom is 0.144 e. The second kappa shape index (κ2) is 3.84. The minimum Gasteiger partial charge on any atom is -0.506 e. The summed E-state index contributed by atoms with van der Waals surface area (Å²) in [5.74, 6) is 0.265. The van der Waals surface area contributed by atoms with Crippen LogP contribution in [0.3, 0.4) is 0 Å². The van der Waals surface area contributed by atoms with Crippen LogP contribution in [-0.4, -0.2) is 5.11 Å². The summed E-state index contributed by atoms with van der Waals surface area (Å²) >= 11 is 6.94. The normalized spacial score (nSPS) is 15.3. The Morgan fingerprint density at radius 2 is 1.72 bits per heavy atom. The van der Waals surface area contributed by atoms with Gasteiger partial charge in [-0.15, -0.1) is 0 Å². The molecule has 2 aromatic carbocycles. The monoisotopic (exact) mass is 366 g/mol. The van der Waals surface area contributed by atoms with Gasteiger partial charge in [-0.2, -0.15) is 0 Å². The molecule has 0 bridgehead atoms. The zero-order chi connectivity index (χ0) is 13.1. The first-order valence-electron chi connectivity index (χ1n) is 5.76. The Morgan fingerprint density at radius 1 is 1.06 bits per heavy atom. The number of rotatable bonds is 0. The summed E-state index contributed by atoms with van der Waals surface area (Å²) < 4.78 is 1.50. The van der Waals surface area contributed by atoms with Crippen molar-refractivity contribution >= 4 is 31.9 Å². The van der Waals surface area contributed by atoms with Gasteiger partial charge in [0, 0.05) is 11.0 Å². The standard InChI is InChI=1S/C15H12Br2O/c1-15(2)9-6-4-3-5-8(9)12-10(15)7-11(16)14(18)13(12)17/h3-7,18H,1-2H3. The SMILES string of the molecule is CC1(C)c2ccccc2-c2c1cc(Br)c(O)c2Br. The maximum absolute atomic E-state index is 10.1. The van der Waals surface area contributed by atoms with Gasteiger partial charge < -0.3 is 5.11 Å². The minimum absolute atomic E-state index is 0.0370. The fourth-order valence-electron chi connectivity index (χ4n) is 2.76. The van der Waals surface area contributed by atoms with E-state index in [1.54, 1.807) is 0 Å². The van der Waals surface area contributed by atoms with Crippen molar-refractivity contribution in [3.8, 4) is 16.9 Å². The van der Waals surface area contributed by atoms with Gasteiger partial charge in [0.2, 0.25) is 0 Å². The molecule has 92 valence electrons. The Morgan fingerprint density at radius 3 is 2.44 bits per heavy atom. The summed E-state index contributed by atoms with van der Waals surface area (Å²) in [5, 5.41) is 10.1. The van der Waals surface area contributed by atoms with E-state index >= 15 is 0 Å². The Hall–Kier alpha value is -0.800. The van der Waals surface area contributed by atoms with Crippen LogP contribution < -0.4 is 0 Å². The molecule has 0 atom stereocenters. The number of fused-ring (bicyclic) bond motifs is 3. The van der Waals surface area contributed by atoms with E-state index in [1.807, 2.05) is 12.1 Å². The van der Waals surface area contributed by atoms with Crippen molar-refractivity contribution in [3.63, 3.8) is 0 Å². The third kappa shape index (κ3) is 1.44. The van der Waals surface area contributed by atoms with Crippen LogP contribution in [0.5, 0.6) is 5.75 Å². The lowest BCUT2D eigenvalue weighted by atomic mass is 9.82. The highest BCUT2D eigenvalue weighted by Gasteiger charge is 2.37. The molecule has 1 nitrogen and oxygen atoms in total. The summed E-state index contributed by atoms with van der Waals surface area (Å²) in [4.78, 5) is 0. The van der Waals surface area contributed by atoms with E-state index in [9.17, 15) is 5.11 Å². The molecule has 0 radical (unpaired) electrons. The van der Waals surface area contributed by atoms with Crippen molar-refractivity contribution in [2.45, 2.75) is 19.3 Å². The van der Waals surface area contributed by atoms with Gasteiger partial charge in [0.05, 0.1) is 8.95 Å². The molecule has 0 saturated heterocycles. The first-order chi connectivity index (χ1) is 8.44. The van der Waals surface area contributed by atoms with E-state index in [4.69, 9.17) is 0 Å². The summed E-state index contributed by atoms with van der Waals surface area (Å²) in [7, 11) is 0. The third-order valence-corrected chi connectivity index (χ3v) is 5.11. The summed E-state index contributed by atoms with van der Waals surface area (Å²) in [6, 6.07) is 10.4. The van der Waals surface area contributed by atoms with Crippen LogP contribution in [0.2, 0.25) is 0 Å². The van der Waals surface area contributed by atoms with Gasteiger partial charge in [0.1, 0.15) is 5.75 Å². The summed E-state index contributed by atoms with van der Waals surface area (Å²) in [6.45, 7) is 4.43. The van der Waals surface area contributed by atoms with Gasteiger partial charge in [-0.1, -0.05) is 38.1 Å². The van der Waals surface area contributed by atoms with Crippen LogP contribution in [0.25, 0.3) is 11.1 Å². The molecular weight excluding hydrogens is 356 g/mol. The zero-order valence-electron chi connectivity index (χ0n) is 10.1. The lowest BCUT2D eigenvalue weighted by Crippen LogP contribution is -2.14. The van der Waals surface area contributed by atoms with Crippen molar-refractivity contribution in [1.29, 1.82) is 0 Å². The second-order valence-corrected chi connectivity index (χ2v) is 6.76. The van der Waals surface area contributed by atoms with Gasteiger partial charge in [-0.3, -0.25) is 0 Å². The van der Waals surface area contributed by atoms with E-state index < -0.39 is 0 Å². The van der Waals surface area contributed by atoms with Crippen molar-refractivity contribution in [2.24, 2.45) is 0 Å². The predicted octanol–water partition coefficient (Wildman–Crippen LogP) is 5.22. The van der Waals surface area contributed by atoms with Crippen LogP contribution in [0.1, 0.15) is 25.0 Å². The lowest BCUT2D eigenvalue weighted by Gasteiger charge is -2.21. The molecule has 1 N–H and O–H groups in total. The molecule has 0 spiro atoms. The molecule has 3 rings (SSSR count). The van der Waals surface area contributed by atoms with Crippen LogP contribution >= 0.6 is 31.9 Å². The number of aromatic hydroxyl groups is 1. The predicted molar refractivity (Wildman–Crippen MR) is 81.1 cm³/mol. The molecule has 0 fully saturated rings. The summed E-state index contributed by atoms with van der Waals surface area (Å²) in [5.41, 5.74) is 4.81. The molecule has 2 aromatic rings. The number of phenolic OH excluding ortho intramolecular Hbond substituents is 1.